The van der Waals surface area contributed by atoms with Crippen molar-refractivity contribution >= 4 is 0 Å². The average molecular weight is 237 g/mol. The van der Waals surface area contributed by atoms with E-state index < -0.39 is 0 Å². The van der Waals surface area contributed by atoms with Gasteiger partial charge in [0.25, 0.3) is 0 Å². The third-order valence-corrected chi connectivity index (χ3v) is 5.42. The van der Waals surface area contributed by atoms with Crippen LogP contribution in [0.25, 0.3) is 0 Å². The number of hydrogen-bond donors (Lipinski definition) is 1. The Labute approximate surface area is 108 Å². The van der Waals surface area contributed by atoms with E-state index in [9.17, 15) is 0 Å². The molecule has 0 radical (unpaired) electrons. The molecule has 0 amide bonds. The SMILES string of the molecule is CCCNCC1C(C2CCCC(C)C2)C1(C)C. The van der Waals surface area contributed by atoms with Crippen LogP contribution in [0.15, 0.2) is 0 Å². The molecular formula is C16H31N. The normalized spacial score (nSPS) is 40.2. The van der Waals surface area contributed by atoms with Crippen LogP contribution in [-0.2, 0) is 0 Å². The summed E-state index contributed by atoms with van der Waals surface area (Å²) in [6.07, 6.45) is 7.22. The highest BCUT2D eigenvalue weighted by Crippen LogP contribution is 2.63. The van der Waals surface area contributed by atoms with Gasteiger partial charge in [-0.2, -0.15) is 0 Å². The second kappa shape index (κ2) is 5.30. The standard InChI is InChI=1S/C16H31N/c1-5-9-17-11-14-15(16(14,3)4)13-8-6-7-12(2)10-13/h12-15,17H,5-11H2,1-4H3. The van der Waals surface area contributed by atoms with Crippen molar-refractivity contribution in [2.45, 2.75) is 59.8 Å². The van der Waals surface area contributed by atoms with Crippen molar-refractivity contribution < 1.29 is 0 Å². The molecular weight excluding hydrogens is 206 g/mol. The van der Waals surface area contributed by atoms with E-state index in [2.05, 4.69) is 33.0 Å². The lowest BCUT2D eigenvalue weighted by atomic mass is 9.78. The summed E-state index contributed by atoms with van der Waals surface area (Å²) in [5, 5.41) is 3.63. The lowest BCUT2D eigenvalue weighted by Gasteiger charge is -2.28. The van der Waals surface area contributed by atoms with Crippen LogP contribution in [0.3, 0.4) is 0 Å². The predicted octanol–water partition coefficient (Wildman–Crippen LogP) is 4.08. The average Bonchev–Trinajstić information content (AvgIpc) is 2.81. The van der Waals surface area contributed by atoms with Crippen LogP contribution in [-0.4, -0.2) is 13.1 Å². The fourth-order valence-electron chi connectivity index (χ4n) is 4.35. The number of rotatable bonds is 5. The van der Waals surface area contributed by atoms with E-state index in [1.54, 1.807) is 0 Å². The maximum Gasteiger partial charge on any atom is -0.00123 e. The summed E-state index contributed by atoms with van der Waals surface area (Å²) in [5.74, 6) is 3.97. The van der Waals surface area contributed by atoms with Crippen molar-refractivity contribution in [1.82, 2.24) is 5.32 Å². The second-order valence-corrected chi connectivity index (χ2v) is 7.19. The number of hydrogen-bond acceptors (Lipinski definition) is 1. The summed E-state index contributed by atoms with van der Waals surface area (Å²) >= 11 is 0. The Morgan fingerprint density at radius 3 is 2.65 bits per heavy atom. The largest absolute Gasteiger partial charge is 0.316 e. The van der Waals surface area contributed by atoms with E-state index >= 15 is 0 Å². The summed E-state index contributed by atoms with van der Waals surface area (Å²) in [6, 6.07) is 0. The Kier molecular flexibility index (Phi) is 4.18. The first-order valence-electron chi connectivity index (χ1n) is 7.78. The highest BCUT2D eigenvalue weighted by molar-refractivity contribution is 5.08. The van der Waals surface area contributed by atoms with E-state index in [-0.39, 0.29) is 0 Å². The molecule has 100 valence electrons. The Balaban J connectivity index is 1.84. The first-order chi connectivity index (χ1) is 8.07. The minimum absolute atomic E-state index is 0.614. The summed E-state index contributed by atoms with van der Waals surface area (Å²) in [4.78, 5) is 0. The summed E-state index contributed by atoms with van der Waals surface area (Å²) in [7, 11) is 0. The highest BCUT2D eigenvalue weighted by atomic mass is 14.9. The van der Waals surface area contributed by atoms with Crippen molar-refractivity contribution in [1.29, 1.82) is 0 Å². The minimum Gasteiger partial charge on any atom is -0.316 e. The maximum atomic E-state index is 3.63. The molecule has 0 bridgehead atoms. The molecule has 0 aliphatic heterocycles. The smallest absolute Gasteiger partial charge is 0.00123 e. The van der Waals surface area contributed by atoms with Gasteiger partial charge in [-0.3, -0.25) is 0 Å². The quantitative estimate of drug-likeness (QED) is 0.710. The third kappa shape index (κ3) is 2.86. The van der Waals surface area contributed by atoms with Gasteiger partial charge in [0.2, 0.25) is 0 Å². The summed E-state index contributed by atoms with van der Waals surface area (Å²) < 4.78 is 0. The van der Waals surface area contributed by atoms with Crippen LogP contribution in [0.1, 0.15) is 59.8 Å². The Morgan fingerprint density at radius 2 is 2.00 bits per heavy atom. The lowest BCUT2D eigenvalue weighted by Crippen LogP contribution is -2.21. The molecule has 2 fully saturated rings. The van der Waals surface area contributed by atoms with Crippen molar-refractivity contribution in [3.63, 3.8) is 0 Å². The monoisotopic (exact) mass is 237 g/mol. The molecule has 17 heavy (non-hydrogen) atoms. The van der Waals surface area contributed by atoms with Crippen molar-refractivity contribution in [2.24, 2.45) is 29.1 Å². The first kappa shape index (κ1) is 13.4. The zero-order valence-electron chi connectivity index (χ0n) is 12.3. The zero-order valence-corrected chi connectivity index (χ0v) is 12.3. The van der Waals surface area contributed by atoms with E-state index in [0.29, 0.717) is 5.41 Å². The molecule has 4 unspecified atom stereocenters. The molecule has 1 N–H and O–H groups in total. The highest BCUT2D eigenvalue weighted by Gasteiger charge is 2.59. The van der Waals surface area contributed by atoms with Gasteiger partial charge in [0.05, 0.1) is 0 Å². The van der Waals surface area contributed by atoms with Crippen molar-refractivity contribution in [3.8, 4) is 0 Å². The molecule has 4 atom stereocenters. The molecule has 0 heterocycles. The fourth-order valence-corrected chi connectivity index (χ4v) is 4.35. The molecule has 0 aromatic rings. The molecule has 1 heteroatoms. The van der Waals surface area contributed by atoms with E-state index in [1.165, 1.54) is 45.2 Å². The Bertz CT molecular complexity index is 246. The Hall–Kier alpha value is -0.0400. The third-order valence-electron chi connectivity index (χ3n) is 5.42. The molecule has 1 nitrogen and oxygen atoms in total. The van der Waals surface area contributed by atoms with Gasteiger partial charge in [0.15, 0.2) is 0 Å². The minimum atomic E-state index is 0.614. The molecule has 2 aliphatic rings. The molecule has 0 aromatic carbocycles. The molecule has 0 spiro atoms. The summed E-state index contributed by atoms with van der Waals surface area (Å²) in [6.45, 7) is 12.2. The van der Waals surface area contributed by atoms with Crippen LogP contribution >= 0.6 is 0 Å². The van der Waals surface area contributed by atoms with Crippen LogP contribution < -0.4 is 5.32 Å². The van der Waals surface area contributed by atoms with Gasteiger partial charge in [-0.25, -0.2) is 0 Å². The van der Waals surface area contributed by atoms with Gasteiger partial charge in [0.1, 0.15) is 0 Å². The molecule has 0 aromatic heterocycles. The van der Waals surface area contributed by atoms with Crippen LogP contribution in [0.4, 0.5) is 0 Å². The molecule has 2 rings (SSSR count). The van der Waals surface area contributed by atoms with E-state index in [0.717, 1.165) is 23.7 Å². The van der Waals surface area contributed by atoms with E-state index in [4.69, 9.17) is 0 Å². The lowest BCUT2D eigenvalue weighted by molar-refractivity contribution is 0.234. The van der Waals surface area contributed by atoms with Gasteiger partial charge < -0.3 is 5.32 Å². The van der Waals surface area contributed by atoms with Crippen LogP contribution in [0, 0.1) is 29.1 Å². The van der Waals surface area contributed by atoms with E-state index in [1.807, 2.05) is 0 Å². The zero-order chi connectivity index (χ0) is 12.5. The van der Waals surface area contributed by atoms with Crippen molar-refractivity contribution in [2.75, 3.05) is 13.1 Å². The molecule has 2 aliphatic carbocycles. The molecule has 2 saturated carbocycles. The van der Waals surface area contributed by atoms with Crippen LogP contribution in [0.5, 0.6) is 0 Å². The number of nitrogens with one attached hydrogen (secondary N) is 1. The fraction of sp³-hybridized carbons (Fsp3) is 1.00. The van der Waals surface area contributed by atoms with Gasteiger partial charge in [-0.1, -0.05) is 47.0 Å². The Morgan fingerprint density at radius 1 is 1.24 bits per heavy atom. The molecule has 0 saturated heterocycles. The van der Waals surface area contributed by atoms with Gasteiger partial charge in [0, 0.05) is 0 Å². The summed E-state index contributed by atoms with van der Waals surface area (Å²) in [5.41, 5.74) is 0.614. The maximum absolute atomic E-state index is 3.63. The van der Waals surface area contributed by atoms with Gasteiger partial charge >= 0.3 is 0 Å². The first-order valence-corrected chi connectivity index (χ1v) is 7.78. The van der Waals surface area contributed by atoms with Gasteiger partial charge in [-0.05, 0) is 55.0 Å². The van der Waals surface area contributed by atoms with Crippen molar-refractivity contribution in [3.05, 3.63) is 0 Å². The predicted molar refractivity (Wildman–Crippen MR) is 75.0 cm³/mol. The second-order valence-electron chi connectivity index (χ2n) is 7.19. The topological polar surface area (TPSA) is 12.0 Å². The van der Waals surface area contributed by atoms with Gasteiger partial charge in [-0.15, -0.1) is 0 Å². The van der Waals surface area contributed by atoms with Crippen LogP contribution in [0.2, 0.25) is 0 Å².